The molecule has 0 radical (unpaired) electrons. The molecule has 1 aromatic rings. The van der Waals surface area contributed by atoms with Gasteiger partial charge in [-0.2, -0.15) is 0 Å². The second-order valence-electron chi connectivity index (χ2n) is 5.46. The first-order chi connectivity index (χ1) is 8.82. The Morgan fingerprint density at radius 1 is 1.32 bits per heavy atom. The van der Waals surface area contributed by atoms with Crippen LogP contribution in [0.2, 0.25) is 5.02 Å². The van der Waals surface area contributed by atoms with E-state index < -0.39 is 6.04 Å². The lowest BCUT2D eigenvalue weighted by Crippen LogP contribution is -2.48. The van der Waals surface area contributed by atoms with Crippen molar-refractivity contribution in [1.82, 2.24) is 4.90 Å². The van der Waals surface area contributed by atoms with Gasteiger partial charge >= 0.3 is 0 Å². The van der Waals surface area contributed by atoms with E-state index in [1.54, 1.807) is 4.90 Å². The summed E-state index contributed by atoms with van der Waals surface area (Å²) in [5.41, 5.74) is 6.98. The molecule has 0 aliphatic heterocycles. The van der Waals surface area contributed by atoms with Gasteiger partial charge in [0, 0.05) is 17.6 Å². The minimum Gasteiger partial charge on any atom is -0.335 e. The number of rotatable bonds is 5. The van der Waals surface area contributed by atoms with Gasteiger partial charge in [0.25, 0.3) is 0 Å². The third-order valence-corrected chi connectivity index (χ3v) is 3.39. The fourth-order valence-electron chi connectivity index (χ4n) is 1.82. The minimum absolute atomic E-state index is 0.00928. The summed E-state index contributed by atoms with van der Waals surface area (Å²) in [6.45, 7) is 8.45. The molecule has 19 heavy (non-hydrogen) atoms. The molecule has 1 rings (SSSR count). The third kappa shape index (κ3) is 4.51. The zero-order chi connectivity index (χ0) is 14.6. The molecule has 1 atom stereocenters. The smallest absolute Gasteiger partial charge is 0.240 e. The number of nitrogens with zero attached hydrogens (tertiary/aromatic N) is 1. The third-order valence-electron chi connectivity index (χ3n) is 3.15. The van der Waals surface area contributed by atoms with Crippen molar-refractivity contribution < 1.29 is 4.79 Å². The Labute approximate surface area is 120 Å². The van der Waals surface area contributed by atoms with Crippen LogP contribution in [-0.4, -0.2) is 22.9 Å². The van der Waals surface area contributed by atoms with E-state index in [4.69, 9.17) is 17.3 Å². The Bertz CT molecular complexity index is 432. The van der Waals surface area contributed by atoms with Gasteiger partial charge in [-0.1, -0.05) is 37.6 Å². The Morgan fingerprint density at radius 2 is 1.95 bits per heavy atom. The van der Waals surface area contributed by atoms with Crippen LogP contribution in [0.5, 0.6) is 0 Å². The summed E-state index contributed by atoms with van der Waals surface area (Å²) in [6, 6.07) is 7.22. The fourth-order valence-corrected chi connectivity index (χ4v) is 2.04. The largest absolute Gasteiger partial charge is 0.335 e. The molecule has 0 saturated heterocycles. The molecule has 0 aromatic heterocycles. The quantitative estimate of drug-likeness (QED) is 0.902. The molecule has 0 bridgehead atoms. The van der Waals surface area contributed by atoms with Gasteiger partial charge in [0.2, 0.25) is 5.91 Å². The monoisotopic (exact) mass is 282 g/mol. The Morgan fingerprint density at radius 3 is 2.42 bits per heavy atom. The number of benzene rings is 1. The fraction of sp³-hybridized carbons (Fsp3) is 0.533. The normalized spacial score (nSPS) is 12.8. The van der Waals surface area contributed by atoms with Crippen LogP contribution in [0.1, 0.15) is 33.3 Å². The van der Waals surface area contributed by atoms with Gasteiger partial charge in [0.15, 0.2) is 0 Å². The topological polar surface area (TPSA) is 46.3 Å². The van der Waals surface area contributed by atoms with Crippen LogP contribution in [0, 0.1) is 5.92 Å². The maximum Gasteiger partial charge on any atom is 0.240 e. The maximum atomic E-state index is 12.4. The summed E-state index contributed by atoms with van der Waals surface area (Å²) in [6.07, 6.45) is 0. The standard InChI is InChI=1S/C15H23ClN2O/c1-10(2)14(17)15(19)18(11(3)4)9-12-6-5-7-13(16)8-12/h5-8,10-11,14H,9,17H2,1-4H3/t14-/m0/s1. The SMILES string of the molecule is CC(C)[C@H](N)C(=O)N(Cc1cccc(Cl)c1)C(C)C. The molecule has 0 fully saturated rings. The van der Waals surface area contributed by atoms with Gasteiger partial charge in [-0.3, -0.25) is 4.79 Å². The van der Waals surface area contributed by atoms with Gasteiger partial charge in [-0.05, 0) is 37.5 Å². The summed E-state index contributed by atoms with van der Waals surface area (Å²) >= 11 is 5.97. The molecule has 0 spiro atoms. The lowest BCUT2D eigenvalue weighted by molar-refractivity contribution is -0.136. The summed E-state index contributed by atoms with van der Waals surface area (Å²) in [7, 11) is 0. The highest BCUT2D eigenvalue weighted by Crippen LogP contribution is 2.16. The van der Waals surface area contributed by atoms with Crippen molar-refractivity contribution in [2.45, 2.75) is 46.3 Å². The summed E-state index contributed by atoms with van der Waals surface area (Å²) in [5, 5.41) is 0.682. The van der Waals surface area contributed by atoms with Gasteiger partial charge in [-0.15, -0.1) is 0 Å². The van der Waals surface area contributed by atoms with E-state index in [-0.39, 0.29) is 17.9 Å². The van der Waals surface area contributed by atoms with Crippen LogP contribution in [0.4, 0.5) is 0 Å². The van der Waals surface area contributed by atoms with Crippen molar-refractivity contribution in [3.8, 4) is 0 Å². The molecule has 3 nitrogen and oxygen atoms in total. The van der Waals surface area contributed by atoms with Crippen molar-refractivity contribution in [1.29, 1.82) is 0 Å². The number of hydrogen-bond donors (Lipinski definition) is 1. The first-order valence-corrected chi connectivity index (χ1v) is 7.01. The highest BCUT2D eigenvalue weighted by atomic mass is 35.5. The van der Waals surface area contributed by atoms with Crippen molar-refractivity contribution in [2.24, 2.45) is 11.7 Å². The van der Waals surface area contributed by atoms with E-state index in [9.17, 15) is 4.79 Å². The average molecular weight is 283 g/mol. The van der Waals surface area contributed by atoms with Gasteiger partial charge in [0.1, 0.15) is 0 Å². The molecule has 0 heterocycles. The molecule has 0 unspecified atom stereocenters. The molecule has 0 saturated carbocycles. The maximum absolute atomic E-state index is 12.4. The molecule has 0 aliphatic carbocycles. The van der Waals surface area contributed by atoms with Crippen LogP contribution in [0.3, 0.4) is 0 Å². The minimum atomic E-state index is -0.457. The van der Waals surface area contributed by atoms with Gasteiger partial charge in [-0.25, -0.2) is 0 Å². The van der Waals surface area contributed by atoms with E-state index in [0.29, 0.717) is 11.6 Å². The lowest BCUT2D eigenvalue weighted by atomic mass is 10.0. The molecule has 106 valence electrons. The number of halogens is 1. The van der Waals surface area contributed by atoms with Crippen molar-refractivity contribution in [3.63, 3.8) is 0 Å². The number of carbonyl (C=O) groups is 1. The Hall–Kier alpha value is -1.06. The predicted octanol–water partition coefficient (Wildman–Crippen LogP) is 3.06. The highest BCUT2D eigenvalue weighted by molar-refractivity contribution is 6.30. The molecule has 0 aliphatic rings. The van der Waals surface area contributed by atoms with Crippen molar-refractivity contribution >= 4 is 17.5 Å². The second-order valence-corrected chi connectivity index (χ2v) is 5.90. The zero-order valence-corrected chi connectivity index (χ0v) is 12.8. The van der Waals surface area contributed by atoms with Crippen LogP contribution in [0.15, 0.2) is 24.3 Å². The molecule has 1 aromatic carbocycles. The molecule has 4 heteroatoms. The van der Waals surface area contributed by atoms with E-state index >= 15 is 0 Å². The van der Waals surface area contributed by atoms with Crippen molar-refractivity contribution in [3.05, 3.63) is 34.9 Å². The molecule has 1 amide bonds. The number of hydrogen-bond acceptors (Lipinski definition) is 2. The number of amides is 1. The van der Waals surface area contributed by atoms with Crippen molar-refractivity contribution in [2.75, 3.05) is 0 Å². The Kier molecular flexibility index (Phi) is 5.83. The second kappa shape index (κ2) is 6.92. The predicted molar refractivity (Wildman–Crippen MR) is 80.0 cm³/mol. The van der Waals surface area contributed by atoms with Gasteiger partial charge in [0.05, 0.1) is 6.04 Å². The summed E-state index contributed by atoms with van der Waals surface area (Å²) in [4.78, 5) is 14.2. The zero-order valence-electron chi connectivity index (χ0n) is 12.1. The lowest BCUT2D eigenvalue weighted by Gasteiger charge is -2.30. The van der Waals surface area contributed by atoms with E-state index in [1.807, 2.05) is 52.0 Å². The van der Waals surface area contributed by atoms with Gasteiger partial charge < -0.3 is 10.6 Å². The highest BCUT2D eigenvalue weighted by Gasteiger charge is 2.25. The van der Waals surface area contributed by atoms with Crippen LogP contribution >= 0.6 is 11.6 Å². The number of nitrogens with two attached hydrogens (primary N) is 1. The first-order valence-electron chi connectivity index (χ1n) is 6.63. The van der Waals surface area contributed by atoms with Crippen LogP contribution in [-0.2, 0) is 11.3 Å². The van der Waals surface area contributed by atoms with Crippen LogP contribution < -0.4 is 5.73 Å². The van der Waals surface area contributed by atoms with Crippen LogP contribution in [0.25, 0.3) is 0 Å². The van der Waals surface area contributed by atoms with E-state index in [1.165, 1.54) is 0 Å². The summed E-state index contributed by atoms with van der Waals surface area (Å²) < 4.78 is 0. The molecular weight excluding hydrogens is 260 g/mol. The summed E-state index contributed by atoms with van der Waals surface area (Å²) in [5.74, 6) is 0.123. The average Bonchev–Trinajstić information content (AvgIpc) is 2.33. The number of carbonyl (C=O) groups excluding carboxylic acids is 1. The Balaban J connectivity index is 2.87. The van der Waals surface area contributed by atoms with E-state index in [0.717, 1.165) is 5.56 Å². The molecular formula is C15H23ClN2O. The first kappa shape index (κ1) is 16.0. The molecule has 2 N–H and O–H groups in total. The van der Waals surface area contributed by atoms with E-state index in [2.05, 4.69) is 0 Å².